The highest BCUT2D eigenvalue weighted by molar-refractivity contribution is 5.56. The molecule has 0 bridgehead atoms. The van der Waals surface area contributed by atoms with Crippen molar-refractivity contribution in [3.63, 3.8) is 0 Å². The van der Waals surface area contributed by atoms with E-state index in [0.29, 0.717) is 0 Å². The summed E-state index contributed by atoms with van der Waals surface area (Å²) in [5.74, 6) is 0. The second-order valence-corrected chi connectivity index (χ2v) is 2.80. The molecule has 0 heteroatoms. The van der Waals surface area contributed by atoms with Crippen LogP contribution in [0.1, 0.15) is 11.1 Å². The molecule has 0 radical (unpaired) electrons. The lowest BCUT2D eigenvalue weighted by Gasteiger charge is -2.02. The molecule has 0 nitrogen and oxygen atoms in total. The molecule has 0 fully saturated rings. The Morgan fingerprint density at radius 1 is 1.17 bits per heavy atom. The summed E-state index contributed by atoms with van der Waals surface area (Å²) in [5, 5.41) is 0. The van der Waals surface area contributed by atoms with Gasteiger partial charge in [-0.25, -0.2) is 0 Å². The van der Waals surface area contributed by atoms with Crippen molar-refractivity contribution in [2.24, 2.45) is 0 Å². The highest BCUT2D eigenvalue weighted by atomic mass is 14.0. The number of allylic oxidation sites excluding steroid dienone is 2. The molecule has 12 heavy (non-hydrogen) atoms. The Kier molecular flexibility index (Phi) is 1.94. The Hall–Kier alpha value is -1.52. The van der Waals surface area contributed by atoms with Crippen LogP contribution in [0.15, 0.2) is 48.2 Å². The van der Waals surface area contributed by atoms with E-state index in [1.165, 1.54) is 11.1 Å². The largest absolute Gasteiger partial charge is 0.125 e. The van der Waals surface area contributed by atoms with Gasteiger partial charge in [0.25, 0.3) is 0 Å². The van der Waals surface area contributed by atoms with E-state index < -0.39 is 0 Å². The van der Waals surface area contributed by atoms with Crippen LogP contribution in [0.25, 0.3) is 6.08 Å². The maximum absolute atomic E-state index is 3.09. The average Bonchev–Trinajstić information content (AvgIpc) is 2.06. The molecule has 0 aliphatic heterocycles. The zero-order valence-corrected chi connectivity index (χ0v) is 6.83. The summed E-state index contributed by atoms with van der Waals surface area (Å²) >= 11 is 0. The molecule has 0 N–H and O–H groups in total. The van der Waals surface area contributed by atoms with Crippen LogP contribution in [0.2, 0.25) is 0 Å². The molecule has 0 atom stereocenters. The summed E-state index contributed by atoms with van der Waals surface area (Å²) < 4.78 is 0. The fourth-order valence-electron chi connectivity index (χ4n) is 1.33. The van der Waals surface area contributed by atoms with Gasteiger partial charge >= 0.3 is 0 Å². The number of benzene rings is 1. The van der Waals surface area contributed by atoms with Gasteiger partial charge in [0.2, 0.25) is 0 Å². The minimum absolute atomic E-state index is 0.983. The predicted molar refractivity (Wildman–Crippen MR) is 51.8 cm³/mol. The maximum atomic E-state index is 3.09. The summed E-state index contributed by atoms with van der Waals surface area (Å²) in [6, 6.07) is 8.44. The van der Waals surface area contributed by atoms with Crippen molar-refractivity contribution in [3.05, 3.63) is 59.4 Å². The van der Waals surface area contributed by atoms with Crippen molar-refractivity contribution in [1.29, 1.82) is 0 Å². The molecule has 1 aromatic carbocycles. The van der Waals surface area contributed by atoms with Gasteiger partial charge in [-0.15, -0.1) is 5.73 Å². The van der Waals surface area contributed by atoms with Crippen molar-refractivity contribution >= 4 is 6.08 Å². The Labute approximate surface area is 72.5 Å². The molecule has 1 aromatic rings. The molecule has 0 spiro atoms. The lowest BCUT2D eigenvalue weighted by Crippen LogP contribution is -1.86. The first-order chi connectivity index (χ1) is 5.97. The Balaban J connectivity index is 2.51. The third-order valence-corrected chi connectivity index (χ3v) is 1.96. The molecule has 0 saturated heterocycles. The fraction of sp³-hybridized carbons (Fsp3) is 0.0833. The molecule has 58 valence electrons. The van der Waals surface area contributed by atoms with Crippen LogP contribution in [0, 0.1) is 0 Å². The van der Waals surface area contributed by atoms with Gasteiger partial charge in [0.15, 0.2) is 0 Å². The molecule has 0 amide bonds. The lowest BCUT2D eigenvalue weighted by atomic mass is 10.0. The van der Waals surface area contributed by atoms with Crippen molar-refractivity contribution < 1.29 is 0 Å². The maximum Gasteiger partial charge on any atom is -0.00153 e. The standard InChI is InChI=1S/C12H10/c1-2-4-8-12-10-6-5-9-11(12)7-3-1/h1,3-7,9-10H,8H2. The second-order valence-electron chi connectivity index (χ2n) is 2.80. The van der Waals surface area contributed by atoms with E-state index in [1.807, 2.05) is 12.2 Å². The van der Waals surface area contributed by atoms with E-state index in [9.17, 15) is 0 Å². The molecule has 2 rings (SSSR count). The second kappa shape index (κ2) is 3.25. The van der Waals surface area contributed by atoms with Crippen LogP contribution in [0.5, 0.6) is 0 Å². The molecule has 1 aliphatic carbocycles. The SMILES string of the molecule is C1=CC=Cc2ccccc2CC=1. The van der Waals surface area contributed by atoms with Gasteiger partial charge in [-0.2, -0.15) is 0 Å². The Bertz CT molecular complexity index is 363. The van der Waals surface area contributed by atoms with Crippen molar-refractivity contribution in [1.82, 2.24) is 0 Å². The molecule has 0 saturated carbocycles. The lowest BCUT2D eigenvalue weighted by molar-refractivity contribution is 1.26. The number of hydrogen-bond donors (Lipinski definition) is 0. The van der Waals surface area contributed by atoms with Crippen LogP contribution < -0.4 is 0 Å². The molecular formula is C12H10. The first-order valence-corrected chi connectivity index (χ1v) is 4.12. The Morgan fingerprint density at radius 3 is 3.08 bits per heavy atom. The number of fused-ring (bicyclic) bond motifs is 1. The van der Waals surface area contributed by atoms with Gasteiger partial charge in [-0.05, 0) is 29.7 Å². The summed E-state index contributed by atoms with van der Waals surface area (Å²) in [4.78, 5) is 0. The fourth-order valence-corrected chi connectivity index (χ4v) is 1.33. The van der Waals surface area contributed by atoms with Crippen LogP contribution >= 0.6 is 0 Å². The first kappa shape index (κ1) is 7.15. The molecule has 0 heterocycles. The zero-order valence-electron chi connectivity index (χ0n) is 6.83. The van der Waals surface area contributed by atoms with Gasteiger partial charge in [0.05, 0.1) is 0 Å². The highest BCUT2D eigenvalue weighted by Crippen LogP contribution is 2.12. The smallest absolute Gasteiger partial charge is 0.00153 e. The van der Waals surface area contributed by atoms with Crippen molar-refractivity contribution in [3.8, 4) is 0 Å². The molecular weight excluding hydrogens is 144 g/mol. The summed E-state index contributed by atoms with van der Waals surface area (Å²) in [6.45, 7) is 0. The topological polar surface area (TPSA) is 0 Å². The summed E-state index contributed by atoms with van der Waals surface area (Å²) in [6.07, 6.45) is 9.12. The van der Waals surface area contributed by atoms with E-state index in [0.717, 1.165) is 6.42 Å². The van der Waals surface area contributed by atoms with Crippen LogP contribution in [0.3, 0.4) is 0 Å². The van der Waals surface area contributed by atoms with Gasteiger partial charge in [-0.1, -0.05) is 36.4 Å². The average molecular weight is 154 g/mol. The van der Waals surface area contributed by atoms with Gasteiger partial charge in [0.1, 0.15) is 0 Å². The van der Waals surface area contributed by atoms with Crippen molar-refractivity contribution in [2.45, 2.75) is 6.42 Å². The van der Waals surface area contributed by atoms with Crippen molar-refractivity contribution in [2.75, 3.05) is 0 Å². The third-order valence-electron chi connectivity index (χ3n) is 1.96. The quantitative estimate of drug-likeness (QED) is 0.504. The van der Waals surface area contributed by atoms with E-state index in [4.69, 9.17) is 0 Å². The molecule has 1 aliphatic rings. The number of rotatable bonds is 0. The van der Waals surface area contributed by atoms with Crippen LogP contribution in [0.4, 0.5) is 0 Å². The van der Waals surface area contributed by atoms with E-state index in [1.54, 1.807) is 0 Å². The van der Waals surface area contributed by atoms with Gasteiger partial charge in [0, 0.05) is 0 Å². The predicted octanol–water partition coefficient (Wildman–Crippen LogP) is 2.97. The van der Waals surface area contributed by atoms with Gasteiger partial charge < -0.3 is 0 Å². The molecule has 0 unspecified atom stereocenters. The third kappa shape index (κ3) is 1.39. The van der Waals surface area contributed by atoms with Crippen LogP contribution in [-0.2, 0) is 6.42 Å². The first-order valence-electron chi connectivity index (χ1n) is 4.12. The minimum atomic E-state index is 0.983. The molecule has 0 aromatic heterocycles. The minimum Gasteiger partial charge on any atom is -0.125 e. The van der Waals surface area contributed by atoms with Crippen LogP contribution in [-0.4, -0.2) is 0 Å². The monoisotopic (exact) mass is 154 g/mol. The highest BCUT2D eigenvalue weighted by Gasteiger charge is 1.95. The zero-order chi connectivity index (χ0) is 8.23. The summed E-state index contributed by atoms with van der Waals surface area (Å²) in [7, 11) is 0. The normalized spacial score (nSPS) is 13.7. The van der Waals surface area contributed by atoms with E-state index in [2.05, 4.69) is 42.1 Å². The van der Waals surface area contributed by atoms with E-state index in [-0.39, 0.29) is 0 Å². The van der Waals surface area contributed by atoms with E-state index >= 15 is 0 Å². The number of hydrogen-bond acceptors (Lipinski definition) is 0. The van der Waals surface area contributed by atoms with Gasteiger partial charge in [-0.3, -0.25) is 0 Å². The Morgan fingerprint density at radius 2 is 2.08 bits per heavy atom. The summed E-state index contributed by atoms with van der Waals surface area (Å²) in [5.41, 5.74) is 5.77.